The highest BCUT2D eigenvalue weighted by molar-refractivity contribution is 7.07. The lowest BCUT2D eigenvalue weighted by atomic mass is 9.94. The summed E-state index contributed by atoms with van der Waals surface area (Å²) < 4.78 is 5.13. The fraction of sp³-hybridized carbons (Fsp3) is 0.692. The van der Waals surface area contributed by atoms with Crippen molar-refractivity contribution in [1.82, 2.24) is 10.3 Å². The van der Waals surface area contributed by atoms with Crippen LogP contribution in [-0.4, -0.2) is 23.6 Å². The third-order valence-electron chi connectivity index (χ3n) is 3.28. The van der Waals surface area contributed by atoms with Crippen LogP contribution in [0.5, 0.6) is 0 Å². The van der Waals surface area contributed by atoms with Crippen molar-refractivity contribution >= 4 is 17.3 Å². The van der Waals surface area contributed by atoms with Crippen LogP contribution in [0.25, 0.3) is 0 Å². The second kappa shape index (κ2) is 6.85. The van der Waals surface area contributed by atoms with Crippen LogP contribution in [0.3, 0.4) is 0 Å². The van der Waals surface area contributed by atoms with E-state index < -0.39 is 6.04 Å². The van der Waals surface area contributed by atoms with E-state index in [1.54, 1.807) is 5.51 Å². The summed E-state index contributed by atoms with van der Waals surface area (Å²) in [6.07, 6.45) is 6.06. The first-order chi connectivity index (χ1) is 8.81. The SMILES string of the molecule is CCOC(=O)C(NC1CCCCC1)c1cscn1. The number of carbonyl (C=O) groups is 1. The zero-order valence-corrected chi connectivity index (χ0v) is 11.5. The van der Waals surface area contributed by atoms with Gasteiger partial charge in [-0.1, -0.05) is 19.3 Å². The lowest BCUT2D eigenvalue weighted by Gasteiger charge is -2.26. The highest BCUT2D eigenvalue weighted by Crippen LogP contribution is 2.22. The van der Waals surface area contributed by atoms with E-state index in [0.717, 1.165) is 18.5 Å². The molecule has 1 aromatic heterocycles. The number of esters is 1. The molecule has 4 nitrogen and oxygen atoms in total. The molecule has 1 fully saturated rings. The zero-order valence-electron chi connectivity index (χ0n) is 10.7. The molecule has 1 aliphatic carbocycles. The van der Waals surface area contributed by atoms with Gasteiger partial charge in [-0.25, -0.2) is 9.78 Å². The van der Waals surface area contributed by atoms with Gasteiger partial charge in [0.2, 0.25) is 0 Å². The first-order valence-corrected chi connectivity index (χ1v) is 7.56. The molecule has 5 heteroatoms. The largest absolute Gasteiger partial charge is 0.465 e. The molecule has 100 valence electrons. The lowest BCUT2D eigenvalue weighted by Crippen LogP contribution is -2.39. The molecule has 0 radical (unpaired) electrons. The van der Waals surface area contributed by atoms with Gasteiger partial charge in [0.15, 0.2) is 0 Å². The normalized spacial score (nSPS) is 18.5. The Hall–Kier alpha value is -0.940. The Labute approximate surface area is 112 Å². The molecule has 1 unspecified atom stereocenters. The Morgan fingerprint density at radius 2 is 2.33 bits per heavy atom. The molecule has 1 N–H and O–H groups in total. The predicted molar refractivity (Wildman–Crippen MR) is 71.5 cm³/mol. The number of aromatic nitrogens is 1. The summed E-state index contributed by atoms with van der Waals surface area (Å²) in [5, 5.41) is 5.33. The van der Waals surface area contributed by atoms with Gasteiger partial charge in [0, 0.05) is 11.4 Å². The van der Waals surface area contributed by atoms with E-state index in [2.05, 4.69) is 10.3 Å². The standard InChI is InChI=1S/C13H20N2O2S/c1-2-17-13(16)12(11-8-18-9-14-11)15-10-6-4-3-5-7-10/h8-10,12,15H,2-7H2,1H3. The molecule has 0 bridgehead atoms. The number of nitrogens with one attached hydrogen (secondary N) is 1. The first-order valence-electron chi connectivity index (χ1n) is 6.62. The summed E-state index contributed by atoms with van der Waals surface area (Å²) in [4.78, 5) is 16.2. The van der Waals surface area contributed by atoms with Crippen LogP contribution in [0.2, 0.25) is 0 Å². The van der Waals surface area contributed by atoms with Gasteiger partial charge in [0.1, 0.15) is 6.04 Å². The third kappa shape index (κ3) is 3.53. The number of hydrogen-bond donors (Lipinski definition) is 1. The second-order valence-corrected chi connectivity index (χ2v) is 5.32. The van der Waals surface area contributed by atoms with Gasteiger partial charge in [-0.15, -0.1) is 11.3 Å². The van der Waals surface area contributed by atoms with Crippen molar-refractivity contribution in [2.24, 2.45) is 0 Å². The van der Waals surface area contributed by atoms with E-state index in [1.807, 2.05) is 12.3 Å². The first kappa shape index (κ1) is 13.5. The molecule has 0 spiro atoms. The van der Waals surface area contributed by atoms with E-state index in [4.69, 9.17) is 4.74 Å². The van der Waals surface area contributed by atoms with E-state index in [9.17, 15) is 4.79 Å². The van der Waals surface area contributed by atoms with Crippen molar-refractivity contribution in [2.45, 2.75) is 51.1 Å². The minimum atomic E-state index is -0.403. The van der Waals surface area contributed by atoms with E-state index in [-0.39, 0.29) is 5.97 Å². The Kier molecular flexibility index (Phi) is 5.13. The fourth-order valence-corrected chi connectivity index (χ4v) is 2.95. The third-order valence-corrected chi connectivity index (χ3v) is 3.88. The fourth-order valence-electron chi connectivity index (χ4n) is 2.37. The number of carbonyl (C=O) groups excluding carboxylic acids is 1. The van der Waals surface area contributed by atoms with E-state index in [1.165, 1.54) is 30.6 Å². The van der Waals surface area contributed by atoms with Gasteiger partial charge < -0.3 is 4.74 Å². The number of ether oxygens (including phenoxy) is 1. The molecule has 0 saturated heterocycles. The summed E-state index contributed by atoms with van der Waals surface area (Å²) >= 11 is 1.51. The predicted octanol–water partition coefficient (Wildman–Crippen LogP) is 2.67. The molecular weight excluding hydrogens is 248 g/mol. The van der Waals surface area contributed by atoms with Crippen molar-refractivity contribution in [1.29, 1.82) is 0 Å². The summed E-state index contributed by atoms with van der Waals surface area (Å²) in [6.45, 7) is 2.24. The smallest absolute Gasteiger partial charge is 0.329 e. The monoisotopic (exact) mass is 268 g/mol. The summed E-state index contributed by atoms with van der Waals surface area (Å²) in [6, 6.07) is 0.00848. The molecule has 1 heterocycles. The van der Waals surface area contributed by atoms with E-state index in [0.29, 0.717) is 12.6 Å². The van der Waals surface area contributed by atoms with Gasteiger partial charge in [0.05, 0.1) is 17.8 Å². The van der Waals surface area contributed by atoms with Gasteiger partial charge in [-0.3, -0.25) is 5.32 Å². The van der Waals surface area contributed by atoms with E-state index >= 15 is 0 Å². The quantitative estimate of drug-likeness (QED) is 0.834. The highest BCUT2D eigenvalue weighted by Gasteiger charge is 2.27. The van der Waals surface area contributed by atoms with Crippen molar-refractivity contribution in [2.75, 3.05) is 6.61 Å². The van der Waals surface area contributed by atoms with Crippen LogP contribution in [0.15, 0.2) is 10.9 Å². The lowest BCUT2D eigenvalue weighted by molar-refractivity contribution is -0.146. The van der Waals surface area contributed by atoms with Crippen molar-refractivity contribution in [3.05, 3.63) is 16.6 Å². The summed E-state index contributed by atoms with van der Waals surface area (Å²) in [5.74, 6) is -0.214. The average Bonchev–Trinajstić information content (AvgIpc) is 2.91. The zero-order chi connectivity index (χ0) is 12.8. The molecule has 1 aromatic rings. The number of hydrogen-bond acceptors (Lipinski definition) is 5. The Bertz CT molecular complexity index is 361. The van der Waals surface area contributed by atoms with Gasteiger partial charge in [-0.2, -0.15) is 0 Å². The topological polar surface area (TPSA) is 51.2 Å². The molecule has 2 rings (SSSR count). The maximum absolute atomic E-state index is 12.0. The molecule has 1 atom stereocenters. The molecule has 1 saturated carbocycles. The van der Waals surface area contributed by atoms with Gasteiger partial charge in [0.25, 0.3) is 0 Å². The summed E-state index contributed by atoms with van der Waals surface area (Å²) in [7, 11) is 0. The summed E-state index contributed by atoms with van der Waals surface area (Å²) in [5.41, 5.74) is 2.54. The number of nitrogens with zero attached hydrogens (tertiary/aromatic N) is 1. The Balaban J connectivity index is 2.02. The Morgan fingerprint density at radius 1 is 1.56 bits per heavy atom. The minimum absolute atomic E-state index is 0.214. The van der Waals surface area contributed by atoms with Crippen molar-refractivity contribution < 1.29 is 9.53 Å². The molecule has 1 aliphatic rings. The van der Waals surface area contributed by atoms with Crippen LogP contribution in [0.1, 0.15) is 50.8 Å². The van der Waals surface area contributed by atoms with Crippen LogP contribution >= 0.6 is 11.3 Å². The van der Waals surface area contributed by atoms with Crippen LogP contribution in [0.4, 0.5) is 0 Å². The minimum Gasteiger partial charge on any atom is -0.465 e. The molecule has 18 heavy (non-hydrogen) atoms. The number of thiazole rings is 1. The Morgan fingerprint density at radius 3 is 2.94 bits per heavy atom. The molecule has 0 aliphatic heterocycles. The number of rotatable bonds is 5. The van der Waals surface area contributed by atoms with Crippen LogP contribution in [0, 0.1) is 0 Å². The van der Waals surface area contributed by atoms with Crippen LogP contribution < -0.4 is 5.32 Å². The molecule has 0 aromatic carbocycles. The van der Waals surface area contributed by atoms with Gasteiger partial charge >= 0.3 is 5.97 Å². The highest BCUT2D eigenvalue weighted by atomic mass is 32.1. The maximum Gasteiger partial charge on any atom is 0.329 e. The maximum atomic E-state index is 12.0. The van der Waals surface area contributed by atoms with Crippen molar-refractivity contribution in [3.63, 3.8) is 0 Å². The van der Waals surface area contributed by atoms with Crippen molar-refractivity contribution in [3.8, 4) is 0 Å². The van der Waals surface area contributed by atoms with Gasteiger partial charge in [-0.05, 0) is 19.8 Å². The van der Waals surface area contributed by atoms with Crippen LogP contribution in [-0.2, 0) is 9.53 Å². The average molecular weight is 268 g/mol. The molecular formula is C13H20N2O2S. The second-order valence-electron chi connectivity index (χ2n) is 4.60. The molecule has 0 amide bonds.